The van der Waals surface area contributed by atoms with Crippen molar-refractivity contribution in [3.63, 3.8) is 0 Å². The molecular formula is C54H34N2O2. The SMILES string of the molecule is C1=Cc2c(n(-c3ccc4oc5c(-c6ccccc6-c6cccc7c6oc6ccc(-n8c9ccccc9c9ccccc98)cc67)cccc5c4c3)c3ccccc23)CC1. The van der Waals surface area contributed by atoms with Gasteiger partial charge in [0.15, 0.2) is 0 Å². The first-order valence-electron chi connectivity index (χ1n) is 20.1. The van der Waals surface area contributed by atoms with Crippen molar-refractivity contribution in [2.45, 2.75) is 12.8 Å². The van der Waals surface area contributed by atoms with E-state index in [2.05, 4.69) is 191 Å². The Morgan fingerprint density at radius 1 is 0.379 bits per heavy atom. The van der Waals surface area contributed by atoms with Gasteiger partial charge in [-0.05, 0) is 78.6 Å². The Balaban J connectivity index is 0.966. The van der Waals surface area contributed by atoms with Gasteiger partial charge in [-0.2, -0.15) is 0 Å². The molecule has 0 radical (unpaired) electrons. The Morgan fingerprint density at radius 2 is 0.845 bits per heavy atom. The molecule has 0 saturated carbocycles. The predicted molar refractivity (Wildman–Crippen MR) is 240 cm³/mol. The molecule has 1 aliphatic rings. The molecule has 8 aromatic carbocycles. The molecule has 4 heteroatoms. The van der Waals surface area contributed by atoms with Crippen LogP contribution in [-0.4, -0.2) is 9.13 Å². The van der Waals surface area contributed by atoms with Crippen LogP contribution < -0.4 is 0 Å². The molecule has 272 valence electrons. The van der Waals surface area contributed by atoms with Gasteiger partial charge in [-0.3, -0.25) is 0 Å². The van der Waals surface area contributed by atoms with Crippen LogP contribution in [0.15, 0.2) is 185 Å². The molecule has 0 spiro atoms. The molecule has 4 aromatic heterocycles. The van der Waals surface area contributed by atoms with Crippen LogP contribution in [0.2, 0.25) is 0 Å². The van der Waals surface area contributed by atoms with Crippen molar-refractivity contribution in [1.82, 2.24) is 9.13 Å². The lowest BCUT2D eigenvalue weighted by molar-refractivity contribution is 0.669. The number of aromatic nitrogens is 2. The molecule has 13 rings (SSSR count). The molecule has 0 amide bonds. The van der Waals surface area contributed by atoms with Gasteiger partial charge < -0.3 is 18.0 Å². The highest BCUT2D eigenvalue weighted by Gasteiger charge is 2.22. The zero-order chi connectivity index (χ0) is 37.9. The molecule has 0 atom stereocenters. The summed E-state index contributed by atoms with van der Waals surface area (Å²) in [4.78, 5) is 0. The zero-order valence-electron chi connectivity index (χ0n) is 31.4. The largest absolute Gasteiger partial charge is 0.455 e. The van der Waals surface area contributed by atoms with E-state index < -0.39 is 0 Å². The van der Waals surface area contributed by atoms with Crippen molar-refractivity contribution < 1.29 is 8.83 Å². The van der Waals surface area contributed by atoms with Crippen molar-refractivity contribution in [1.29, 1.82) is 0 Å². The van der Waals surface area contributed by atoms with Gasteiger partial charge in [0.2, 0.25) is 0 Å². The van der Waals surface area contributed by atoms with E-state index >= 15 is 0 Å². The maximum absolute atomic E-state index is 6.80. The number of nitrogens with zero attached hydrogens (tertiary/aromatic N) is 2. The van der Waals surface area contributed by atoms with Crippen LogP contribution in [0.4, 0.5) is 0 Å². The second kappa shape index (κ2) is 12.0. The van der Waals surface area contributed by atoms with Gasteiger partial charge in [0.1, 0.15) is 22.3 Å². The van der Waals surface area contributed by atoms with Crippen molar-refractivity contribution in [2.24, 2.45) is 0 Å². The third-order valence-corrected chi connectivity index (χ3v) is 12.4. The summed E-state index contributed by atoms with van der Waals surface area (Å²) in [6, 6.07) is 61.0. The Morgan fingerprint density at radius 3 is 1.43 bits per heavy atom. The summed E-state index contributed by atoms with van der Waals surface area (Å²) >= 11 is 0. The lowest BCUT2D eigenvalue weighted by atomic mass is 9.92. The quantitative estimate of drug-likeness (QED) is 0.180. The third-order valence-electron chi connectivity index (χ3n) is 12.4. The maximum Gasteiger partial charge on any atom is 0.143 e. The van der Waals surface area contributed by atoms with Crippen molar-refractivity contribution in [2.75, 3.05) is 0 Å². The molecular weight excluding hydrogens is 709 g/mol. The van der Waals surface area contributed by atoms with Crippen LogP contribution in [0.25, 0.3) is 116 Å². The number of furan rings is 2. The van der Waals surface area contributed by atoms with Gasteiger partial charge in [0.05, 0.1) is 16.6 Å². The van der Waals surface area contributed by atoms with Gasteiger partial charge in [-0.15, -0.1) is 0 Å². The number of para-hydroxylation sites is 5. The number of allylic oxidation sites excluding steroid dienone is 1. The summed E-state index contributed by atoms with van der Waals surface area (Å²) in [5.74, 6) is 0. The van der Waals surface area contributed by atoms with Gasteiger partial charge in [0.25, 0.3) is 0 Å². The summed E-state index contributed by atoms with van der Waals surface area (Å²) in [5.41, 5.74) is 16.4. The van der Waals surface area contributed by atoms with Gasteiger partial charge >= 0.3 is 0 Å². The van der Waals surface area contributed by atoms with Crippen LogP contribution in [0.1, 0.15) is 17.7 Å². The maximum atomic E-state index is 6.80. The van der Waals surface area contributed by atoms with Crippen molar-refractivity contribution in [3.8, 4) is 33.6 Å². The van der Waals surface area contributed by atoms with E-state index in [0.717, 1.165) is 90.3 Å². The van der Waals surface area contributed by atoms with E-state index in [9.17, 15) is 0 Å². The van der Waals surface area contributed by atoms with E-state index in [-0.39, 0.29) is 0 Å². The van der Waals surface area contributed by atoms with E-state index in [0.29, 0.717) is 0 Å². The van der Waals surface area contributed by atoms with Crippen LogP contribution >= 0.6 is 0 Å². The van der Waals surface area contributed by atoms with Gasteiger partial charge in [0, 0.05) is 71.5 Å². The Kier molecular flexibility index (Phi) is 6.53. The second-order valence-electron chi connectivity index (χ2n) is 15.5. The molecule has 0 bridgehead atoms. The fourth-order valence-electron chi connectivity index (χ4n) is 9.90. The smallest absolute Gasteiger partial charge is 0.143 e. The van der Waals surface area contributed by atoms with Crippen LogP contribution in [0.3, 0.4) is 0 Å². The summed E-state index contributed by atoms with van der Waals surface area (Å²) in [5, 5.41) is 8.20. The first-order chi connectivity index (χ1) is 28.8. The lowest BCUT2D eigenvalue weighted by Gasteiger charge is -2.13. The summed E-state index contributed by atoms with van der Waals surface area (Å²) < 4.78 is 18.4. The number of benzene rings is 8. The summed E-state index contributed by atoms with van der Waals surface area (Å²) in [6.45, 7) is 0. The molecule has 58 heavy (non-hydrogen) atoms. The molecule has 4 heterocycles. The molecule has 0 saturated heterocycles. The Bertz CT molecular complexity index is 3640. The minimum absolute atomic E-state index is 0.868. The number of fused-ring (bicyclic) bond motifs is 12. The molecule has 1 aliphatic carbocycles. The molecule has 0 fully saturated rings. The number of rotatable bonds is 4. The molecule has 0 aliphatic heterocycles. The van der Waals surface area contributed by atoms with Gasteiger partial charge in [-0.1, -0.05) is 127 Å². The van der Waals surface area contributed by atoms with Crippen LogP contribution in [-0.2, 0) is 6.42 Å². The Labute approximate surface area is 333 Å². The molecule has 12 aromatic rings. The third kappa shape index (κ3) is 4.40. The first-order valence-corrected chi connectivity index (χ1v) is 20.1. The standard InChI is InChI=1S/C54H34N2O2/c1-2-14-36(42-20-12-22-44-46-32-34(28-30-52(46)58-54(42)44)56-49-25-9-5-17-39(49)40-18-6-10-26-50(40)56)35(13-1)41-19-11-21-43-45-31-33(27-29-51(45)57-53(41)43)55-47-23-7-3-15-37(47)38-16-4-8-24-48(38)55/h1-9,11-25,27-32H,10,26H2. The highest BCUT2D eigenvalue weighted by molar-refractivity contribution is 6.15. The minimum atomic E-state index is 0.868. The first kappa shape index (κ1) is 31.6. The van der Waals surface area contributed by atoms with Crippen LogP contribution in [0, 0.1) is 0 Å². The summed E-state index contributed by atoms with van der Waals surface area (Å²) in [7, 11) is 0. The monoisotopic (exact) mass is 742 g/mol. The average Bonchev–Trinajstić information content (AvgIpc) is 4.04. The van der Waals surface area contributed by atoms with Gasteiger partial charge in [-0.25, -0.2) is 0 Å². The van der Waals surface area contributed by atoms with E-state index in [4.69, 9.17) is 8.83 Å². The number of hydrogen-bond donors (Lipinski definition) is 0. The summed E-state index contributed by atoms with van der Waals surface area (Å²) in [6.07, 6.45) is 6.66. The van der Waals surface area contributed by atoms with E-state index in [1.807, 2.05) is 0 Å². The highest BCUT2D eigenvalue weighted by atomic mass is 16.3. The van der Waals surface area contributed by atoms with E-state index in [1.165, 1.54) is 44.0 Å². The topological polar surface area (TPSA) is 36.1 Å². The van der Waals surface area contributed by atoms with Crippen LogP contribution in [0.5, 0.6) is 0 Å². The average molecular weight is 743 g/mol. The van der Waals surface area contributed by atoms with Crippen molar-refractivity contribution in [3.05, 3.63) is 187 Å². The zero-order valence-corrected chi connectivity index (χ0v) is 31.4. The fraction of sp³-hybridized carbons (Fsp3) is 0.0370. The molecule has 0 unspecified atom stereocenters. The minimum Gasteiger partial charge on any atom is -0.455 e. The highest BCUT2D eigenvalue weighted by Crippen LogP contribution is 2.44. The second-order valence-corrected chi connectivity index (χ2v) is 15.5. The molecule has 4 nitrogen and oxygen atoms in total. The fourth-order valence-corrected chi connectivity index (χ4v) is 9.90. The normalized spacial score (nSPS) is 13.0. The van der Waals surface area contributed by atoms with E-state index in [1.54, 1.807) is 0 Å². The molecule has 0 N–H and O–H groups in total. The number of hydrogen-bond acceptors (Lipinski definition) is 2. The predicted octanol–water partition coefficient (Wildman–Crippen LogP) is 14.8. The lowest BCUT2D eigenvalue weighted by Crippen LogP contribution is -2.02. The Hall–Kier alpha value is -7.56. The van der Waals surface area contributed by atoms with Crippen molar-refractivity contribution >= 4 is 82.7 Å².